The standard InChI is InChI=1S/C50H40N2/c1-2-12-35(13-3-1)24-31-48(41-26-25-37-14-4-5-16-39(37)32-41)51-34-36-22-28-42(29-23-36)52-49-21-11-10-20-45(49)47-33-40-17-7-8-18-43(40)46-30-27-38-15-6-9-19-44(38)50(46)47/h1-23,25-32,40,51-52H,24,33-34H2/b48-31-. The molecular weight excluding hydrogens is 629 g/mol. The van der Waals surface area contributed by atoms with E-state index in [9.17, 15) is 0 Å². The first-order valence-electron chi connectivity index (χ1n) is 18.3. The first-order chi connectivity index (χ1) is 25.8. The lowest BCUT2D eigenvalue weighted by Crippen LogP contribution is -2.36. The number of hydrogen-bond donors (Lipinski definition) is 2. The molecule has 0 bridgehead atoms. The molecule has 1 unspecified atom stereocenters. The van der Waals surface area contributed by atoms with Gasteiger partial charge >= 0.3 is 0 Å². The van der Waals surface area contributed by atoms with Crippen LogP contribution in [0.25, 0.3) is 38.4 Å². The van der Waals surface area contributed by atoms with Crippen molar-refractivity contribution in [3.05, 3.63) is 221 Å². The first-order valence-corrected chi connectivity index (χ1v) is 18.3. The van der Waals surface area contributed by atoms with Gasteiger partial charge in [-0.15, -0.1) is 0 Å². The maximum atomic E-state index is 3.80. The van der Waals surface area contributed by atoms with Gasteiger partial charge in [-0.25, -0.2) is 0 Å². The smallest absolute Gasteiger partial charge is 0.0460 e. The van der Waals surface area contributed by atoms with E-state index in [1.54, 1.807) is 0 Å². The van der Waals surface area contributed by atoms with Gasteiger partial charge in [0.1, 0.15) is 0 Å². The van der Waals surface area contributed by atoms with Gasteiger partial charge in [0.15, 0.2) is 0 Å². The van der Waals surface area contributed by atoms with E-state index in [1.165, 1.54) is 65.4 Å². The van der Waals surface area contributed by atoms with E-state index >= 15 is 0 Å². The Balaban J connectivity index is 1.00. The van der Waals surface area contributed by atoms with E-state index in [-0.39, 0.29) is 0 Å². The number of hydrogen-bond acceptors (Lipinski definition) is 2. The summed E-state index contributed by atoms with van der Waals surface area (Å²) in [6, 6.07) is 57.0. The summed E-state index contributed by atoms with van der Waals surface area (Å²) in [6.07, 6.45) is 13.2. The van der Waals surface area contributed by atoms with Crippen LogP contribution in [0.5, 0.6) is 0 Å². The molecule has 7 aromatic carbocycles. The molecule has 0 radical (unpaired) electrons. The minimum atomic E-state index is 0.370. The molecule has 0 aliphatic heterocycles. The van der Waals surface area contributed by atoms with Crippen LogP contribution in [-0.2, 0) is 13.0 Å². The first kappa shape index (κ1) is 31.6. The highest BCUT2D eigenvalue weighted by Gasteiger charge is 2.23. The lowest BCUT2D eigenvalue weighted by Gasteiger charge is -2.26. The van der Waals surface area contributed by atoms with Crippen LogP contribution in [0.15, 0.2) is 188 Å². The number of para-hydroxylation sites is 1. The van der Waals surface area contributed by atoms with Crippen LogP contribution in [0.1, 0.15) is 28.7 Å². The molecule has 0 saturated heterocycles. The molecule has 2 heteroatoms. The van der Waals surface area contributed by atoms with Crippen molar-refractivity contribution in [2.75, 3.05) is 5.32 Å². The highest BCUT2D eigenvalue weighted by Crippen LogP contribution is 2.35. The maximum Gasteiger partial charge on any atom is 0.0460 e. The summed E-state index contributed by atoms with van der Waals surface area (Å²) in [5, 5.41) is 15.4. The van der Waals surface area contributed by atoms with Gasteiger partial charge in [0, 0.05) is 35.1 Å². The molecule has 2 aliphatic carbocycles. The molecule has 52 heavy (non-hydrogen) atoms. The second kappa shape index (κ2) is 14.1. The van der Waals surface area contributed by atoms with Crippen molar-refractivity contribution >= 4 is 49.8 Å². The number of nitrogens with one attached hydrogen (secondary N) is 2. The highest BCUT2D eigenvalue weighted by molar-refractivity contribution is 5.92. The van der Waals surface area contributed by atoms with Crippen LogP contribution >= 0.6 is 0 Å². The summed E-state index contributed by atoms with van der Waals surface area (Å²) in [5.41, 5.74) is 11.1. The molecule has 0 amide bonds. The molecule has 9 rings (SSSR count). The predicted molar refractivity (Wildman–Crippen MR) is 221 cm³/mol. The molecule has 2 aliphatic rings. The van der Waals surface area contributed by atoms with Gasteiger partial charge in [-0.05, 0) is 96.9 Å². The van der Waals surface area contributed by atoms with E-state index in [4.69, 9.17) is 0 Å². The molecule has 2 N–H and O–H groups in total. The third-order valence-corrected chi connectivity index (χ3v) is 10.5. The highest BCUT2D eigenvalue weighted by atomic mass is 14.9. The van der Waals surface area contributed by atoms with Gasteiger partial charge in [0.25, 0.3) is 0 Å². The fraction of sp³-hybridized carbons (Fsp3) is 0.0800. The van der Waals surface area contributed by atoms with Crippen LogP contribution in [0.4, 0.5) is 11.4 Å². The minimum Gasteiger partial charge on any atom is -0.381 e. The van der Waals surface area contributed by atoms with Gasteiger partial charge in [-0.3, -0.25) is 0 Å². The zero-order valence-corrected chi connectivity index (χ0v) is 29.1. The molecule has 250 valence electrons. The van der Waals surface area contributed by atoms with E-state index < -0.39 is 0 Å². The van der Waals surface area contributed by atoms with Gasteiger partial charge in [0.2, 0.25) is 0 Å². The van der Waals surface area contributed by atoms with Crippen molar-refractivity contribution < 1.29 is 0 Å². The van der Waals surface area contributed by atoms with E-state index in [0.717, 1.165) is 36.5 Å². The number of rotatable bonds is 9. The average molecular weight is 669 g/mol. The average Bonchev–Trinajstić information content (AvgIpc) is 3.21. The molecule has 0 saturated carbocycles. The van der Waals surface area contributed by atoms with Gasteiger partial charge in [-0.1, -0.05) is 164 Å². The molecule has 0 aromatic heterocycles. The van der Waals surface area contributed by atoms with Crippen molar-refractivity contribution in [2.24, 2.45) is 5.92 Å². The monoisotopic (exact) mass is 668 g/mol. The normalized spacial score (nSPS) is 15.1. The Morgan fingerprint density at radius 3 is 2.27 bits per heavy atom. The Morgan fingerprint density at radius 1 is 0.635 bits per heavy atom. The van der Waals surface area contributed by atoms with Gasteiger partial charge in [-0.2, -0.15) is 0 Å². The number of allylic oxidation sites excluding steroid dienone is 5. The lowest BCUT2D eigenvalue weighted by molar-refractivity contribution is 0.846. The fourth-order valence-corrected chi connectivity index (χ4v) is 7.85. The molecule has 1 atom stereocenters. The Hall–Kier alpha value is -6.38. The topological polar surface area (TPSA) is 24.1 Å². The van der Waals surface area contributed by atoms with Crippen LogP contribution in [0, 0.1) is 5.92 Å². The Labute approximate surface area is 305 Å². The number of fused-ring (bicyclic) bond motifs is 5. The maximum absolute atomic E-state index is 3.80. The zero-order valence-electron chi connectivity index (χ0n) is 29.1. The molecule has 7 aromatic rings. The van der Waals surface area contributed by atoms with Gasteiger partial charge < -0.3 is 10.6 Å². The second-order valence-electron chi connectivity index (χ2n) is 13.8. The Morgan fingerprint density at radius 2 is 1.38 bits per heavy atom. The molecule has 2 nitrogen and oxygen atoms in total. The van der Waals surface area contributed by atoms with E-state index in [2.05, 4.69) is 199 Å². The molecule has 0 heterocycles. The third kappa shape index (κ3) is 6.36. The van der Waals surface area contributed by atoms with Crippen LogP contribution in [0.3, 0.4) is 0 Å². The van der Waals surface area contributed by atoms with Crippen LogP contribution in [0.2, 0.25) is 0 Å². The van der Waals surface area contributed by atoms with E-state index in [1.807, 2.05) is 0 Å². The number of anilines is 2. The zero-order chi connectivity index (χ0) is 34.7. The third-order valence-electron chi connectivity index (χ3n) is 10.5. The summed E-state index contributed by atoms with van der Waals surface area (Å²) in [5.74, 6) is 0.370. The predicted octanol–water partition coefficient (Wildman–Crippen LogP) is 10.6. The minimum absolute atomic E-state index is 0.370. The van der Waals surface area contributed by atoms with Crippen molar-refractivity contribution in [3.63, 3.8) is 0 Å². The fourth-order valence-electron chi connectivity index (χ4n) is 7.85. The van der Waals surface area contributed by atoms with E-state index in [0.29, 0.717) is 5.92 Å². The SMILES string of the molecule is C1=CC2=c3ccc4ccccc4c3=C(c3ccccc3Nc3ccc(CN/C(=C\Cc4ccccc4)c4ccc5ccccc5c4)cc3)CC2C=C1. The second-order valence-corrected chi connectivity index (χ2v) is 13.8. The summed E-state index contributed by atoms with van der Waals surface area (Å²) in [4.78, 5) is 0. The van der Waals surface area contributed by atoms with Crippen molar-refractivity contribution in [1.29, 1.82) is 0 Å². The summed E-state index contributed by atoms with van der Waals surface area (Å²) in [7, 11) is 0. The quantitative estimate of drug-likeness (QED) is 0.160. The Kier molecular flexibility index (Phi) is 8.56. The van der Waals surface area contributed by atoms with Crippen molar-refractivity contribution in [1.82, 2.24) is 5.32 Å². The summed E-state index contributed by atoms with van der Waals surface area (Å²) in [6.45, 7) is 0.730. The van der Waals surface area contributed by atoms with Crippen LogP contribution < -0.4 is 21.1 Å². The summed E-state index contributed by atoms with van der Waals surface area (Å²) >= 11 is 0. The molecular formula is C50H40N2. The summed E-state index contributed by atoms with van der Waals surface area (Å²) < 4.78 is 0. The number of benzene rings is 7. The molecule has 0 spiro atoms. The molecule has 0 fully saturated rings. The van der Waals surface area contributed by atoms with Gasteiger partial charge in [0.05, 0.1) is 0 Å². The Bertz CT molecular complexity index is 2640. The van der Waals surface area contributed by atoms with Crippen LogP contribution in [-0.4, -0.2) is 0 Å². The largest absolute Gasteiger partial charge is 0.381 e. The van der Waals surface area contributed by atoms with Crippen molar-refractivity contribution in [2.45, 2.75) is 19.4 Å². The lowest BCUT2D eigenvalue weighted by atomic mass is 9.78. The van der Waals surface area contributed by atoms with Crippen molar-refractivity contribution in [3.8, 4) is 0 Å².